The second kappa shape index (κ2) is 13.7. The molecule has 2 aromatic carbocycles. The van der Waals surface area contributed by atoms with Gasteiger partial charge in [0.15, 0.2) is 0 Å². The molecule has 1 N–H and O–H groups in total. The van der Waals surface area contributed by atoms with Gasteiger partial charge >= 0.3 is 0 Å². The Morgan fingerprint density at radius 1 is 1.07 bits per heavy atom. The van der Waals surface area contributed by atoms with Crippen LogP contribution in [0.1, 0.15) is 43.6 Å². The standard InChI is InChI=1S/C32H39FN6O2/c1-4-17-34-32-35-18-16-27(36-32)31-30(23-10-12-25(33)13-11-23)37-29-15-14-26(39(29)31)22-38(19-7-20-40-2)21-24-8-5-6-9-28(24)41-3/h5-6,8-13,16,18,26H,4,7,14-15,17,19-22H2,1-3H3,(H,34,35,36). The van der Waals surface area contributed by atoms with Crippen LogP contribution in [0, 0.1) is 5.82 Å². The number of imidazole rings is 1. The number of halogens is 1. The van der Waals surface area contributed by atoms with Gasteiger partial charge in [-0.2, -0.15) is 0 Å². The van der Waals surface area contributed by atoms with Crippen LogP contribution in [0.4, 0.5) is 10.3 Å². The summed E-state index contributed by atoms with van der Waals surface area (Å²) < 4.78 is 27.2. The number of ether oxygens (including phenoxy) is 2. The molecule has 3 heterocycles. The van der Waals surface area contributed by atoms with Crippen LogP contribution < -0.4 is 10.1 Å². The SMILES string of the molecule is CCCNc1nccc(-c2c(-c3ccc(F)cc3)nc3n2C(CN(CCCOC)Cc2ccccc2OC)CC3)n1. The fourth-order valence-electron chi connectivity index (χ4n) is 5.55. The molecule has 0 saturated heterocycles. The molecule has 0 aliphatic carbocycles. The highest BCUT2D eigenvalue weighted by atomic mass is 19.1. The van der Waals surface area contributed by atoms with Crippen molar-refractivity contribution in [3.8, 4) is 28.4 Å². The number of rotatable bonds is 14. The van der Waals surface area contributed by atoms with Crippen molar-refractivity contribution in [1.82, 2.24) is 24.4 Å². The van der Waals surface area contributed by atoms with Crippen molar-refractivity contribution in [3.63, 3.8) is 0 Å². The largest absolute Gasteiger partial charge is 0.496 e. The van der Waals surface area contributed by atoms with Gasteiger partial charge in [-0.15, -0.1) is 0 Å². The Hall–Kier alpha value is -3.82. The first kappa shape index (κ1) is 28.7. The third kappa shape index (κ3) is 6.74. The number of anilines is 1. The predicted octanol–water partition coefficient (Wildman–Crippen LogP) is 6.00. The van der Waals surface area contributed by atoms with E-state index in [1.807, 2.05) is 18.2 Å². The van der Waals surface area contributed by atoms with Gasteiger partial charge < -0.3 is 19.4 Å². The van der Waals surface area contributed by atoms with Crippen molar-refractivity contribution in [2.45, 2.75) is 45.2 Å². The monoisotopic (exact) mass is 558 g/mol. The van der Waals surface area contributed by atoms with Crippen LogP contribution >= 0.6 is 0 Å². The average Bonchev–Trinajstić information content (AvgIpc) is 3.57. The second-order valence-corrected chi connectivity index (χ2v) is 10.4. The van der Waals surface area contributed by atoms with Crippen LogP contribution in [0.5, 0.6) is 5.75 Å². The van der Waals surface area contributed by atoms with Gasteiger partial charge in [0, 0.05) is 69.7 Å². The summed E-state index contributed by atoms with van der Waals surface area (Å²) in [5.41, 5.74) is 4.60. The molecule has 4 aromatic rings. The maximum absolute atomic E-state index is 13.8. The minimum atomic E-state index is -0.268. The van der Waals surface area contributed by atoms with Crippen molar-refractivity contribution in [2.24, 2.45) is 0 Å². The number of aryl methyl sites for hydroxylation is 1. The van der Waals surface area contributed by atoms with Gasteiger partial charge in [0.2, 0.25) is 5.95 Å². The molecule has 1 aliphatic heterocycles. The Morgan fingerprint density at radius 3 is 2.68 bits per heavy atom. The van der Waals surface area contributed by atoms with E-state index in [0.717, 1.165) is 91.6 Å². The number of benzene rings is 2. The van der Waals surface area contributed by atoms with Gasteiger partial charge in [0.1, 0.15) is 17.4 Å². The lowest BCUT2D eigenvalue weighted by molar-refractivity contribution is 0.160. The molecule has 9 heteroatoms. The predicted molar refractivity (Wildman–Crippen MR) is 160 cm³/mol. The summed E-state index contributed by atoms with van der Waals surface area (Å²) >= 11 is 0. The number of fused-ring (bicyclic) bond motifs is 1. The van der Waals surface area contributed by atoms with E-state index >= 15 is 0 Å². The molecule has 1 aliphatic rings. The van der Waals surface area contributed by atoms with Crippen molar-refractivity contribution >= 4 is 5.95 Å². The lowest BCUT2D eigenvalue weighted by Gasteiger charge is -2.28. The lowest BCUT2D eigenvalue weighted by atomic mass is 10.1. The number of para-hydroxylation sites is 1. The van der Waals surface area contributed by atoms with Crippen LogP contribution in [-0.2, 0) is 17.7 Å². The van der Waals surface area contributed by atoms with Crippen LogP contribution in [0.2, 0.25) is 0 Å². The van der Waals surface area contributed by atoms with Crippen molar-refractivity contribution < 1.29 is 13.9 Å². The van der Waals surface area contributed by atoms with Gasteiger partial charge in [-0.3, -0.25) is 4.90 Å². The molecule has 0 radical (unpaired) electrons. The Balaban J connectivity index is 1.52. The topological polar surface area (TPSA) is 77.3 Å². The highest BCUT2D eigenvalue weighted by Gasteiger charge is 2.32. The first-order chi connectivity index (χ1) is 20.1. The molecule has 41 heavy (non-hydrogen) atoms. The normalized spacial score (nSPS) is 14.4. The molecule has 8 nitrogen and oxygen atoms in total. The number of aromatic nitrogens is 4. The second-order valence-electron chi connectivity index (χ2n) is 10.4. The summed E-state index contributed by atoms with van der Waals surface area (Å²) in [5.74, 6) is 2.25. The highest BCUT2D eigenvalue weighted by molar-refractivity contribution is 5.78. The van der Waals surface area contributed by atoms with Crippen molar-refractivity contribution in [1.29, 1.82) is 0 Å². The number of hydrogen-bond acceptors (Lipinski definition) is 7. The molecule has 0 saturated carbocycles. The molecule has 0 bridgehead atoms. The summed E-state index contributed by atoms with van der Waals surface area (Å²) in [7, 11) is 3.46. The maximum atomic E-state index is 13.8. The molecule has 2 aromatic heterocycles. The Labute approximate surface area is 241 Å². The van der Waals surface area contributed by atoms with Crippen LogP contribution in [-0.4, -0.2) is 64.9 Å². The van der Waals surface area contributed by atoms with Crippen LogP contribution in [0.25, 0.3) is 22.6 Å². The summed E-state index contributed by atoms with van der Waals surface area (Å²) in [6.45, 7) is 6.12. The molecule has 0 fully saturated rings. The molecular formula is C32H39FN6O2. The zero-order chi connectivity index (χ0) is 28.6. The summed E-state index contributed by atoms with van der Waals surface area (Å²) in [4.78, 5) is 16.9. The third-order valence-corrected chi connectivity index (χ3v) is 7.48. The van der Waals surface area contributed by atoms with E-state index in [0.29, 0.717) is 12.6 Å². The molecule has 216 valence electrons. The smallest absolute Gasteiger partial charge is 0.223 e. The van der Waals surface area contributed by atoms with E-state index in [1.165, 1.54) is 12.1 Å². The van der Waals surface area contributed by atoms with Crippen LogP contribution in [0.3, 0.4) is 0 Å². The zero-order valence-corrected chi connectivity index (χ0v) is 24.1. The molecule has 1 unspecified atom stereocenters. The molecule has 5 rings (SSSR count). The number of hydrogen-bond donors (Lipinski definition) is 1. The Kier molecular flexibility index (Phi) is 9.59. The highest BCUT2D eigenvalue weighted by Crippen LogP contribution is 2.40. The summed E-state index contributed by atoms with van der Waals surface area (Å²) in [5, 5.41) is 3.31. The van der Waals surface area contributed by atoms with E-state index in [2.05, 4.69) is 38.8 Å². The van der Waals surface area contributed by atoms with E-state index in [1.54, 1.807) is 32.5 Å². The third-order valence-electron chi connectivity index (χ3n) is 7.48. The van der Waals surface area contributed by atoms with E-state index in [4.69, 9.17) is 19.4 Å². The number of nitrogens with one attached hydrogen (secondary N) is 1. The Bertz CT molecular complexity index is 1420. The minimum absolute atomic E-state index is 0.195. The zero-order valence-electron chi connectivity index (χ0n) is 24.1. The average molecular weight is 559 g/mol. The van der Waals surface area contributed by atoms with Gasteiger partial charge in [0.05, 0.1) is 24.2 Å². The molecule has 0 amide bonds. The van der Waals surface area contributed by atoms with E-state index < -0.39 is 0 Å². The van der Waals surface area contributed by atoms with E-state index in [9.17, 15) is 4.39 Å². The van der Waals surface area contributed by atoms with E-state index in [-0.39, 0.29) is 11.9 Å². The minimum Gasteiger partial charge on any atom is -0.496 e. The lowest BCUT2D eigenvalue weighted by Crippen LogP contribution is -2.31. The fraction of sp³-hybridized carbons (Fsp3) is 0.406. The van der Waals surface area contributed by atoms with Crippen LogP contribution in [0.15, 0.2) is 60.8 Å². The van der Waals surface area contributed by atoms with Gasteiger partial charge in [-0.05, 0) is 55.7 Å². The summed E-state index contributed by atoms with van der Waals surface area (Å²) in [6, 6.07) is 16.9. The first-order valence-electron chi connectivity index (χ1n) is 14.4. The van der Waals surface area contributed by atoms with Gasteiger partial charge in [-0.25, -0.2) is 19.3 Å². The molecular weight excluding hydrogens is 519 g/mol. The quantitative estimate of drug-likeness (QED) is 0.190. The molecule has 1 atom stereocenters. The number of nitrogens with zero attached hydrogens (tertiary/aromatic N) is 5. The Morgan fingerprint density at radius 2 is 1.90 bits per heavy atom. The van der Waals surface area contributed by atoms with Gasteiger partial charge in [-0.1, -0.05) is 25.1 Å². The fourth-order valence-corrected chi connectivity index (χ4v) is 5.55. The van der Waals surface area contributed by atoms with Gasteiger partial charge in [0.25, 0.3) is 0 Å². The summed E-state index contributed by atoms with van der Waals surface area (Å²) in [6.07, 6.45) is 5.55. The first-order valence-corrected chi connectivity index (χ1v) is 14.4. The maximum Gasteiger partial charge on any atom is 0.223 e. The molecule has 0 spiro atoms. The number of methoxy groups -OCH3 is 2. The van der Waals surface area contributed by atoms with Crippen molar-refractivity contribution in [2.75, 3.05) is 45.8 Å². The van der Waals surface area contributed by atoms with Crippen molar-refractivity contribution in [3.05, 3.63) is 78.0 Å².